The van der Waals surface area contributed by atoms with E-state index >= 15 is 0 Å². The first-order valence-electron chi connectivity index (χ1n) is 9.22. The van der Waals surface area contributed by atoms with E-state index in [0.717, 1.165) is 44.2 Å². The fourth-order valence-corrected chi connectivity index (χ4v) is 3.68. The molecule has 0 atom stereocenters. The number of halogens is 1. The Kier molecular flexibility index (Phi) is 5.97. The molecule has 5 N–H and O–H groups in total. The number of nitrogens with two attached hydrogens (primary N) is 1. The Morgan fingerprint density at radius 1 is 1.14 bits per heavy atom. The summed E-state index contributed by atoms with van der Waals surface area (Å²) < 4.78 is 19.8. The van der Waals surface area contributed by atoms with Gasteiger partial charge in [0.05, 0.1) is 12.7 Å². The maximum atomic E-state index is 13.9. The van der Waals surface area contributed by atoms with Crippen LogP contribution in [0.5, 0.6) is 0 Å². The standard InChI is InChI=1S/C20H21FN2O6/c21-11-6-7-13(10(8-11)9-29-12-4-2-1-3-5-12)14-15(19(25)26)17(22)23-18(24)16(14)20(27)28/h6-8,12H,1-5,9H2,(H,25,26)(H,27,28)(H3,22,23,24). The van der Waals surface area contributed by atoms with Crippen LogP contribution >= 0.6 is 0 Å². The number of carboxylic acid groups (broad SMARTS) is 2. The lowest BCUT2D eigenvalue weighted by molar-refractivity contribution is 0.0169. The van der Waals surface area contributed by atoms with E-state index < -0.39 is 40.3 Å². The van der Waals surface area contributed by atoms with Gasteiger partial charge < -0.3 is 25.7 Å². The second kappa shape index (κ2) is 8.44. The highest BCUT2D eigenvalue weighted by Crippen LogP contribution is 2.33. The zero-order valence-electron chi connectivity index (χ0n) is 15.5. The van der Waals surface area contributed by atoms with E-state index in [4.69, 9.17) is 10.5 Å². The van der Waals surface area contributed by atoms with Crippen LogP contribution < -0.4 is 11.3 Å². The first-order valence-corrected chi connectivity index (χ1v) is 9.22. The number of nitrogens with one attached hydrogen (secondary N) is 1. The molecular weight excluding hydrogens is 383 g/mol. The van der Waals surface area contributed by atoms with Gasteiger partial charge >= 0.3 is 11.9 Å². The molecule has 3 rings (SSSR count). The predicted molar refractivity (Wildman–Crippen MR) is 102 cm³/mol. The molecule has 0 aliphatic heterocycles. The number of hydrogen-bond donors (Lipinski definition) is 4. The lowest BCUT2D eigenvalue weighted by Gasteiger charge is -2.23. The molecule has 154 valence electrons. The molecule has 0 bridgehead atoms. The van der Waals surface area contributed by atoms with Crippen molar-refractivity contribution >= 4 is 17.8 Å². The number of rotatable bonds is 6. The third-order valence-electron chi connectivity index (χ3n) is 5.04. The molecule has 0 saturated heterocycles. The normalized spacial score (nSPS) is 14.7. The molecule has 9 heteroatoms. The Balaban J connectivity index is 2.16. The maximum Gasteiger partial charge on any atom is 0.342 e. The lowest BCUT2D eigenvalue weighted by Crippen LogP contribution is -2.24. The third kappa shape index (κ3) is 4.29. The summed E-state index contributed by atoms with van der Waals surface area (Å²) in [5, 5.41) is 19.1. The van der Waals surface area contributed by atoms with Crippen LogP contribution in [-0.2, 0) is 11.3 Å². The minimum atomic E-state index is -1.62. The van der Waals surface area contributed by atoms with Gasteiger partial charge in [0.2, 0.25) is 0 Å². The molecule has 1 heterocycles. The fraction of sp³-hybridized carbons (Fsp3) is 0.350. The molecule has 1 aliphatic rings. The highest BCUT2D eigenvalue weighted by Gasteiger charge is 2.28. The minimum Gasteiger partial charge on any atom is -0.478 e. The van der Waals surface area contributed by atoms with E-state index in [2.05, 4.69) is 0 Å². The highest BCUT2D eigenvalue weighted by molar-refractivity contribution is 6.07. The van der Waals surface area contributed by atoms with Crippen molar-refractivity contribution in [2.75, 3.05) is 5.73 Å². The Morgan fingerprint density at radius 3 is 2.41 bits per heavy atom. The lowest BCUT2D eigenvalue weighted by atomic mass is 9.92. The molecule has 1 saturated carbocycles. The van der Waals surface area contributed by atoms with Crippen LogP contribution in [0.2, 0.25) is 0 Å². The smallest absolute Gasteiger partial charge is 0.342 e. The molecule has 29 heavy (non-hydrogen) atoms. The van der Waals surface area contributed by atoms with Crippen molar-refractivity contribution in [2.24, 2.45) is 0 Å². The number of aromatic amines is 1. The van der Waals surface area contributed by atoms with Gasteiger partial charge in [-0.05, 0) is 36.1 Å². The molecule has 2 aromatic rings. The molecule has 0 unspecified atom stereocenters. The van der Waals surface area contributed by atoms with Crippen molar-refractivity contribution < 1.29 is 28.9 Å². The first-order chi connectivity index (χ1) is 13.8. The van der Waals surface area contributed by atoms with Crippen LogP contribution in [0.4, 0.5) is 10.2 Å². The van der Waals surface area contributed by atoms with Crippen molar-refractivity contribution in [2.45, 2.75) is 44.8 Å². The number of H-pyrrole nitrogens is 1. The summed E-state index contributed by atoms with van der Waals surface area (Å²) in [6.07, 6.45) is 4.89. The highest BCUT2D eigenvalue weighted by atomic mass is 19.1. The summed E-state index contributed by atoms with van der Waals surface area (Å²) in [7, 11) is 0. The molecule has 1 aromatic heterocycles. The van der Waals surface area contributed by atoms with Crippen molar-refractivity contribution in [3.8, 4) is 11.1 Å². The van der Waals surface area contributed by atoms with Crippen LogP contribution in [0.1, 0.15) is 58.4 Å². The number of nitrogen functional groups attached to an aromatic ring is 1. The molecule has 1 aliphatic carbocycles. The Morgan fingerprint density at radius 2 is 1.79 bits per heavy atom. The topological polar surface area (TPSA) is 143 Å². The van der Waals surface area contributed by atoms with Crippen molar-refractivity contribution in [3.63, 3.8) is 0 Å². The number of anilines is 1. The van der Waals surface area contributed by atoms with Crippen LogP contribution in [-0.4, -0.2) is 33.2 Å². The molecule has 0 spiro atoms. The van der Waals surface area contributed by atoms with Gasteiger partial charge in [-0.15, -0.1) is 0 Å². The van der Waals surface area contributed by atoms with Crippen LogP contribution in [0.25, 0.3) is 11.1 Å². The number of aromatic carboxylic acids is 2. The minimum absolute atomic E-state index is 0.0120. The SMILES string of the molecule is Nc1[nH]c(=O)c(C(=O)O)c(-c2ccc(F)cc2COC2CCCCC2)c1C(=O)O. The summed E-state index contributed by atoms with van der Waals surface area (Å²) in [6.45, 7) is -0.0530. The number of carbonyl (C=O) groups is 2. The van der Waals surface area contributed by atoms with Crippen molar-refractivity contribution in [1.82, 2.24) is 4.98 Å². The molecule has 0 radical (unpaired) electrons. The first kappa shape index (κ1) is 20.5. The van der Waals surface area contributed by atoms with Crippen LogP contribution in [0.3, 0.4) is 0 Å². The third-order valence-corrected chi connectivity index (χ3v) is 5.04. The van der Waals surface area contributed by atoms with Gasteiger partial charge in [0, 0.05) is 5.56 Å². The molecule has 1 aromatic carbocycles. The van der Waals surface area contributed by atoms with E-state index in [0.29, 0.717) is 0 Å². The zero-order valence-corrected chi connectivity index (χ0v) is 15.5. The average molecular weight is 404 g/mol. The average Bonchev–Trinajstić information content (AvgIpc) is 2.66. The summed E-state index contributed by atoms with van der Waals surface area (Å²) in [6, 6.07) is 3.45. The largest absolute Gasteiger partial charge is 0.478 e. The second-order valence-corrected chi connectivity index (χ2v) is 6.98. The van der Waals surface area contributed by atoms with E-state index in [-0.39, 0.29) is 29.4 Å². The van der Waals surface area contributed by atoms with Crippen molar-refractivity contribution in [1.29, 1.82) is 0 Å². The maximum absolute atomic E-state index is 13.9. The Hall–Kier alpha value is -3.20. The second-order valence-electron chi connectivity index (χ2n) is 6.98. The molecular formula is C20H21FN2O6. The van der Waals surface area contributed by atoms with Crippen LogP contribution in [0.15, 0.2) is 23.0 Å². The Labute approximate surface area is 165 Å². The van der Waals surface area contributed by atoms with Gasteiger partial charge in [0.25, 0.3) is 5.56 Å². The van der Waals surface area contributed by atoms with Gasteiger partial charge in [-0.1, -0.05) is 25.3 Å². The van der Waals surface area contributed by atoms with Gasteiger partial charge in [0.1, 0.15) is 22.8 Å². The number of carboxylic acids is 2. The van der Waals surface area contributed by atoms with Gasteiger partial charge in [0.15, 0.2) is 0 Å². The number of pyridine rings is 1. The number of ether oxygens (including phenoxy) is 1. The fourth-order valence-electron chi connectivity index (χ4n) is 3.68. The molecule has 0 amide bonds. The van der Waals surface area contributed by atoms with Gasteiger partial charge in [-0.3, -0.25) is 4.79 Å². The number of hydrogen-bond acceptors (Lipinski definition) is 5. The quantitative estimate of drug-likeness (QED) is 0.579. The summed E-state index contributed by atoms with van der Waals surface area (Å²) in [5.74, 6) is -4.21. The predicted octanol–water partition coefficient (Wildman–Crippen LogP) is 3.01. The van der Waals surface area contributed by atoms with Gasteiger partial charge in [-0.25, -0.2) is 14.0 Å². The van der Waals surface area contributed by atoms with Gasteiger partial charge in [-0.2, -0.15) is 0 Å². The molecule has 1 fully saturated rings. The van der Waals surface area contributed by atoms with E-state index in [1.165, 1.54) is 6.07 Å². The summed E-state index contributed by atoms with van der Waals surface area (Å²) >= 11 is 0. The van der Waals surface area contributed by atoms with Crippen molar-refractivity contribution in [3.05, 3.63) is 51.1 Å². The monoisotopic (exact) mass is 404 g/mol. The Bertz CT molecular complexity index is 1010. The summed E-state index contributed by atoms with van der Waals surface area (Å²) in [5.41, 5.74) is 3.24. The zero-order chi connectivity index (χ0) is 21.1. The van der Waals surface area contributed by atoms with E-state index in [1.807, 2.05) is 4.98 Å². The van der Waals surface area contributed by atoms with E-state index in [9.17, 15) is 29.0 Å². The van der Waals surface area contributed by atoms with Crippen LogP contribution in [0, 0.1) is 5.82 Å². The number of benzene rings is 1. The number of aromatic nitrogens is 1. The summed E-state index contributed by atoms with van der Waals surface area (Å²) in [4.78, 5) is 37.8. The molecule has 8 nitrogen and oxygen atoms in total. The van der Waals surface area contributed by atoms with E-state index in [1.54, 1.807) is 0 Å².